The van der Waals surface area contributed by atoms with Gasteiger partial charge in [0.1, 0.15) is 0 Å². The molecule has 4 aliphatic heterocycles. The molecule has 57 heavy (non-hydrogen) atoms. The molecule has 328 valence electrons. The average Bonchev–Trinajstić information content (AvgIpc) is 3.98. The second kappa shape index (κ2) is 29.0. The summed E-state index contributed by atoms with van der Waals surface area (Å²) in [7, 11) is 0. The van der Waals surface area contributed by atoms with Crippen LogP contribution in [0.1, 0.15) is 77.0 Å². The zero-order chi connectivity index (χ0) is 40.3. The molecule has 4 fully saturated rings. The summed E-state index contributed by atoms with van der Waals surface area (Å²) in [5.74, 6) is 2.85. The number of ether oxygens (including phenoxy) is 4. The van der Waals surface area contributed by atoms with E-state index in [4.69, 9.17) is 35.3 Å². The fourth-order valence-corrected chi connectivity index (χ4v) is 10.6. The highest BCUT2D eigenvalue weighted by Crippen LogP contribution is 2.34. The zero-order valence-electron chi connectivity index (χ0n) is 33.9. The highest BCUT2D eigenvalue weighted by atomic mass is 32.2. The lowest BCUT2D eigenvalue weighted by molar-refractivity contribution is -0.125. The number of oxime groups is 1. The Bertz CT molecular complexity index is 1180. The van der Waals surface area contributed by atoms with Crippen molar-refractivity contribution >= 4 is 47.3 Å². The number of fused-ring (bicyclic) bond motifs is 2. The Morgan fingerprint density at radius 1 is 0.684 bits per heavy atom. The molecule has 0 bridgehead atoms. The van der Waals surface area contributed by atoms with Crippen molar-refractivity contribution in [2.75, 3.05) is 104 Å². The number of carbonyl (C=O) groups excluding carboxylic acids is 2. The number of carbonyl (C=O) groups is 2. The number of rotatable bonds is 34. The van der Waals surface area contributed by atoms with E-state index in [0.717, 1.165) is 88.9 Å². The van der Waals surface area contributed by atoms with Crippen LogP contribution in [0.2, 0.25) is 0 Å². The molecule has 4 saturated heterocycles. The van der Waals surface area contributed by atoms with Crippen molar-refractivity contribution in [2.24, 2.45) is 10.9 Å². The van der Waals surface area contributed by atoms with E-state index in [2.05, 4.69) is 37.1 Å². The molecule has 2 amide bonds. The maximum atomic E-state index is 12.8. The zero-order valence-corrected chi connectivity index (χ0v) is 35.6. The van der Waals surface area contributed by atoms with Crippen LogP contribution in [0, 0.1) is 5.41 Å². The Balaban J connectivity index is 0.960. The Kier molecular flexibility index (Phi) is 24.2. The Morgan fingerprint density at radius 3 is 1.75 bits per heavy atom. The number of amides is 2. The Labute approximate surface area is 348 Å². The molecule has 10 N–H and O–H groups in total. The van der Waals surface area contributed by atoms with Crippen molar-refractivity contribution < 1.29 is 33.7 Å². The normalized spacial score (nSPS) is 24.2. The van der Waals surface area contributed by atoms with Gasteiger partial charge in [0.25, 0.3) is 0 Å². The molecule has 0 aromatic heterocycles. The molecule has 4 rings (SSSR count). The summed E-state index contributed by atoms with van der Waals surface area (Å²) < 4.78 is 22.7. The van der Waals surface area contributed by atoms with Crippen LogP contribution in [-0.2, 0) is 28.5 Å². The SMILES string of the molecule is N=C1N[C@H]2[C@H](CS[C@H]2CCCCCOCCCCNC(=O)CN(CCOCCOCCN)CC(=O)NCCCCOCCCCC[C@@H]2SC[C@@H]3N/C(=N\O)N[C@@H]32)N1. The second-order valence-corrected chi connectivity index (χ2v) is 17.7. The maximum absolute atomic E-state index is 12.8. The number of unbranched alkanes of at least 4 members (excludes halogenated alkanes) is 6. The highest BCUT2D eigenvalue weighted by molar-refractivity contribution is 8.00. The van der Waals surface area contributed by atoms with E-state index >= 15 is 0 Å². The molecule has 0 spiro atoms. The van der Waals surface area contributed by atoms with Crippen molar-refractivity contribution in [3.05, 3.63) is 0 Å². The van der Waals surface area contributed by atoms with Gasteiger partial charge in [0, 0.05) is 74.6 Å². The molecule has 0 aliphatic carbocycles. The molecule has 0 unspecified atom stereocenters. The van der Waals surface area contributed by atoms with E-state index < -0.39 is 0 Å². The number of nitrogens with zero attached hydrogens (tertiary/aromatic N) is 2. The van der Waals surface area contributed by atoms with Gasteiger partial charge in [0.2, 0.25) is 17.8 Å². The Hall–Kier alpha value is -2.26. The molecule has 17 nitrogen and oxygen atoms in total. The molecule has 0 aromatic rings. The minimum absolute atomic E-state index is 0.111. The fourth-order valence-electron chi connectivity index (χ4n) is 7.49. The first-order chi connectivity index (χ1) is 28.0. The lowest BCUT2D eigenvalue weighted by atomic mass is 10.0. The number of nitrogens with two attached hydrogens (primary N) is 1. The molecule has 6 atom stereocenters. The van der Waals surface area contributed by atoms with E-state index in [1.165, 1.54) is 12.8 Å². The summed E-state index contributed by atoms with van der Waals surface area (Å²) in [5, 5.41) is 40.1. The molecule has 0 radical (unpaired) electrons. The summed E-state index contributed by atoms with van der Waals surface area (Å²) >= 11 is 4.00. The molecule has 19 heteroatoms. The lowest BCUT2D eigenvalue weighted by Gasteiger charge is -2.21. The van der Waals surface area contributed by atoms with Crippen molar-refractivity contribution in [3.8, 4) is 0 Å². The van der Waals surface area contributed by atoms with Gasteiger partial charge in [0.05, 0.1) is 63.7 Å². The Morgan fingerprint density at radius 2 is 1.19 bits per heavy atom. The van der Waals surface area contributed by atoms with Crippen molar-refractivity contribution in [3.63, 3.8) is 0 Å². The van der Waals surface area contributed by atoms with E-state index in [1.807, 2.05) is 28.4 Å². The summed E-state index contributed by atoms with van der Waals surface area (Å²) in [6.45, 7) is 6.91. The van der Waals surface area contributed by atoms with Gasteiger partial charge in [-0.05, 0) is 51.4 Å². The third-order valence-electron chi connectivity index (χ3n) is 10.6. The van der Waals surface area contributed by atoms with Crippen molar-refractivity contribution in [2.45, 2.75) is 112 Å². The first-order valence-electron chi connectivity index (χ1n) is 21.3. The third-order valence-corrected chi connectivity index (χ3v) is 13.6. The van der Waals surface area contributed by atoms with Gasteiger partial charge in [0.15, 0.2) is 5.96 Å². The van der Waals surface area contributed by atoms with Crippen LogP contribution in [-0.4, -0.2) is 172 Å². The van der Waals surface area contributed by atoms with Gasteiger partial charge in [-0.1, -0.05) is 30.8 Å². The van der Waals surface area contributed by atoms with E-state index in [-0.39, 0.29) is 24.9 Å². The highest BCUT2D eigenvalue weighted by Gasteiger charge is 2.42. The van der Waals surface area contributed by atoms with Gasteiger partial charge in [-0.15, -0.1) is 0 Å². The van der Waals surface area contributed by atoms with E-state index in [1.54, 1.807) is 0 Å². The molecule has 0 saturated carbocycles. The van der Waals surface area contributed by atoms with Crippen LogP contribution < -0.4 is 37.6 Å². The van der Waals surface area contributed by atoms with Crippen LogP contribution >= 0.6 is 23.5 Å². The number of thioether (sulfide) groups is 2. The minimum atomic E-state index is -0.113. The molecule has 4 heterocycles. The number of hydrogen-bond acceptors (Lipinski definition) is 13. The minimum Gasteiger partial charge on any atom is -0.408 e. The van der Waals surface area contributed by atoms with Gasteiger partial charge < -0.3 is 61.8 Å². The molecular formula is C38H72N10O7S2. The predicted molar refractivity (Wildman–Crippen MR) is 227 cm³/mol. The standard InChI is InChI=1S/C38H72N10O7S2/c39-13-21-54-23-24-55-22-16-48(25-33(49)41-14-5-9-19-52-17-7-1-3-11-31-35-29(27-56-31)43-37(40)45-35)26-34(50)42-15-6-10-20-53-18-8-2-4-12-32-36-30(28-57-32)44-38(46-36)47-51/h29-32,35-36,51H,1-28,39H2,(H,41,49)(H,42,50)(H3,40,43,45)(H2,44,46,47)/t29-,30-,31-,32-,35-,36-/m0/s1. The lowest BCUT2D eigenvalue weighted by Crippen LogP contribution is -2.44. The van der Waals surface area contributed by atoms with Crippen molar-refractivity contribution in [1.82, 2.24) is 36.8 Å². The van der Waals surface area contributed by atoms with E-state index in [9.17, 15) is 9.59 Å². The first kappa shape index (κ1) is 47.4. The summed E-state index contributed by atoms with van der Waals surface area (Å²) in [4.78, 5) is 27.4. The van der Waals surface area contributed by atoms with Crippen LogP contribution in [0.25, 0.3) is 0 Å². The van der Waals surface area contributed by atoms with Gasteiger partial charge in [-0.25, -0.2) is 0 Å². The predicted octanol–water partition coefficient (Wildman–Crippen LogP) is 0.998. The van der Waals surface area contributed by atoms with Gasteiger partial charge >= 0.3 is 0 Å². The smallest absolute Gasteiger partial charge is 0.234 e. The van der Waals surface area contributed by atoms with Gasteiger partial charge in [-0.2, -0.15) is 23.5 Å². The largest absolute Gasteiger partial charge is 0.408 e. The molecular weight excluding hydrogens is 773 g/mol. The van der Waals surface area contributed by atoms with Crippen molar-refractivity contribution in [1.29, 1.82) is 5.41 Å². The van der Waals surface area contributed by atoms with Crippen LogP contribution in [0.5, 0.6) is 0 Å². The second-order valence-electron chi connectivity index (χ2n) is 15.2. The maximum Gasteiger partial charge on any atom is 0.234 e. The number of guanidine groups is 2. The molecule has 0 aromatic carbocycles. The third kappa shape index (κ3) is 19.1. The molecule has 4 aliphatic rings. The van der Waals surface area contributed by atoms with Crippen LogP contribution in [0.4, 0.5) is 0 Å². The van der Waals surface area contributed by atoms with Crippen LogP contribution in [0.15, 0.2) is 5.16 Å². The summed E-state index contributed by atoms with van der Waals surface area (Å²) in [6.07, 6.45) is 12.4. The topological polar surface area (TPSA) is 229 Å². The quantitative estimate of drug-likeness (QED) is 0.0250. The summed E-state index contributed by atoms with van der Waals surface area (Å²) in [6, 6.07) is 1.49. The average molecular weight is 845 g/mol. The van der Waals surface area contributed by atoms with Gasteiger partial charge in [-0.3, -0.25) is 19.9 Å². The first-order valence-corrected chi connectivity index (χ1v) is 23.4. The monoisotopic (exact) mass is 845 g/mol. The fraction of sp³-hybridized carbons (Fsp3) is 0.895. The van der Waals surface area contributed by atoms with Crippen LogP contribution in [0.3, 0.4) is 0 Å². The number of hydrogen-bond donors (Lipinski definition) is 9. The summed E-state index contributed by atoms with van der Waals surface area (Å²) in [5.41, 5.74) is 5.46. The van der Waals surface area contributed by atoms with E-state index in [0.29, 0.717) is 112 Å². The number of nitrogens with one attached hydrogen (secondary N) is 7.